The highest BCUT2D eigenvalue weighted by Gasteiger charge is 2.35. The van der Waals surface area contributed by atoms with Crippen LogP contribution < -0.4 is 16.6 Å². The van der Waals surface area contributed by atoms with Crippen LogP contribution in [0.1, 0.15) is 11.1 Å². The van der Waals surface area contributed by atoms with Gasteiger partial charge in [-0.3, -0.25) is 18.7 Å². The van der Waals surface area contributed by atoms with Crippen molar-refractivity contribution in [2.24, 2.45) is 14.1 Å². The van der Waals surface area contributed by atoms with Gasteiger partial charge in [0.1, 0.15) is 11.6 Å². The van der Waals surface area contributed by atoms with Crippen LogP contribution in [0, 0.1) is 11.6 Å². The van der Waals surface area contributed by atoms with E-state index in [1.54, 1.807) is 18.2 Å². The molecule has 0 radical (unpaired) electrons. The number of nitrogens with zero attached hydrogens (tertiary/aromatic N) is 3. The summed E-state index contributed by atoms with van der Waals surface area (Å²) in [6.45, 7) is 0. The number of halogens is 5. The third-order valence-corrected chi connectivity index (χ3v) is 6.08. The highest BCUT2D eigenvalue weighted by atomic mass is 32.1. The second kappa shape index (κ2) is 8.73. The second-order valence-corrected chi connectivity index (χ2v) is 8.45. The molecule has 0 saturated heterocycles. The van der Waals surface area contributed by atoms with E-state index in [1.165, 1.54) is 24.0 Å². The lowest BCUT2D eigenvalue weighted by molar-refractivity contribution is -0.140. The molecule has 0 saturated carbocycles. The Kier molecular flexibility index (Phi) is 6.05. The van der Waals surface area contributed by atoms with E-state index in [0.717, 1.165) is 15.9 Å². The summed E-state index contributed by atoms with van der Waals surface area (Å²) in [6, 6.07) is 5.17. The number of hydrogen-bond acceptors (Lipinski definition) is 5. The molecule has 0 aliphatic heterocycles. The van der Waals surface area contributed by atoms with Gasteiger partial charge in [0.05, 0.1) is 28.6 Å². The Hall–Kier alpha value is -3.87. The molecule has 0 spiro atoms. The van der Waals surface area contributed by atoms with Gasteiger partial charge in [-0.05, 0) is 23.8 Å². The van der Waals surface area contributed by atoms with Crippen LogP contribution in [0.4, 0.5) is 27.1 Å². The van der Waals surface area contributed by atoms with Gasteiger partial charge in [0, 0.05) is 25.0 Å². The van der Waals surface area contributed by atoms with E-state index in [0.29, 0.717) is 17.1 Å². The number of amides is 1. The molecule has 2 heterocycles. The van der Waals surface area contributed by atoms with Crippen molar-refractivity contribution >= 4 is 33.3 Å². The molecule has 4 aromatic rings. The van der Waals surface area contributed by atoms with Gasteiger partial charge in [0.25, 0.3) is 5.56 Å². The van der Waals surface area contributed by atoms with E-state index >= 15 is 0 Å². The zero-order valence-corrected chi connectivity index (χ0v) is 18.9. The maximum absolute atomic E-state index is 14.2. The summed E-state index contributed by atoms with van der Waals surface area (Å²) in [5, 5.41) is 3.90. The Morgan fingerprint density at radius 2 is 1.80 bits per heavy atom. The Morgan fingerprint density at radius 1 is 1.09 bits per heavy atom. The Balaban J connectivity index is 1.60. The first-order valence-electron chi connectivity index (χ1n) is 9.88. The van der Waals surface area contributed by atoms with Gasteiger partial charge in [-0.15, -0.1) is 11.3 Å². The molecule has 0 fully saturated rings. The molecular weight excluding hydrogens is 495 g/mol. The van der Waals surface area contributed by atoms with Gasteiger partial charge >= 0.3 is 11.9 Å². The molecule has 2 aromatic heterocycles. The molecule has 7 nitrogen and oxygen atoms in total. The van der Waals surface area contributed by atoms with Crippen LogP contribution in [-0.4, -0.2) is 20.0 Å². The number of alkyl halides is 3. The van der Waals surface area contributed by atoms with Crippen LogP contribution in [0.2, 0.25) is 0 Å². The molecule has 2 aromatic carbocycles. The fraction of sp³-hybridized carbons (Fsp3) is 0.182. The SMILES string of the molecule is Cn1c(=O)c2c(CC(=O)Nc3nc(-c4cc(F)c(C(F)(F)F)cc4F)cs3)cccc2n(C)c1=O. The molecule has 4 rings (SSSR count). The molecule has 0 aliphatic carbocycles. The van der Waals surface area contributed by atoms with Crippen LogP contribution in [0.5, 0.6) is 0 Å². The van der Waals surface area contributed by atoms with Crippen molar-refractivity contribution in [2.75, 3.05) is 5.32 Å². The largest absolute Gasteiger partial charge is 0.419 e. The lowest BCUT2D eigenvalue weighted by Crippen LogP contribution is -2.37. The van der Waals surface area contributed by atoms with Crippen molar-refractivity contribution in [3.8, 4) is 11.3 Å². The van der Waals surface area contributed by atoms with Gasteiger partial charge in [-0.2, -0.15) is 13.2 Å². The third kappa shape index (κ3) is 4.46. The Bertz CT molecular complexity index is 1600. The van der Waals surface area contributed by atoms with Gasteiger partial charge in [-0.25, -0.2) is 18.6 Å². The summed E-state index contributed by atoms with van der Waals surface area (Å²) in [4.78, 5) is 41.4. The molecule has 0 bridgehead atoms. The summed E-state index contributed by atoms with van der Waals surface area (Å²) in [7, 11) is 2.82. The minimum atomic E-state index is -5.06. The fourth-order valence-electron chi connectivity index (χ4n) is 3.59. The zero-order chi connectivity index (χ0) is 25.7. The molecule has 35 heavy (non-hydrogen) atoms. The number of carbonyl (C=O) groups is 1. The predicted molar refractivity (Wildman–Crippen MR) is 119 cm³/mol. The van der Waals surface area contributed by atoms with Crippen LogP contribution in [-0.2, 0) is 31.5 Å². The number of nitrogens with one attached hydrogen (secondary N) is 1. The second-order valence-electron chi connectivity index (χ2n) is 7.59. The number of fused-ring (bicyclic) bond motifs is 1. The molecule has 1 N–H and O–H groups in total. The number of carbonyl (C=O) groups excluding carboxylic acids is 1. The standard InChI is InChI=1S/C22H15F5N4O3S/c1-30-16-5-3-4-10(18(16)19(33)31(2)21(30)34)6-17(32)29-20-28-15(9-35-20)11-7-14(24)12(8-13(11)23)22(25,26)27/h3-5,7-9H,6H2,1-2H3,(H,28,29,32). The number of aryl methyl sites for hydroxylation is 1. The molecule has 1 amide bonds. The molecule has 0 aliphatic rings. The number of aromatic nitrogens is 3. The van der Waals surface area contributed by atoms with Crippen molar-refractivity contribution in [3.05, 3.63) is 79.3 Å². The Morgan fingerprint density at radius 3 is 2.49 bits per heavy atom. The maximum Gasteiger partial charge on any atom is 0.419 e. The van der Waals surface area contributed by atoms with E-state index in [-0.39, 0.29) is 28.7 Å². The molecular formula is C22H15F5N4O3S. The van der Waals surface area contributed by atoms with E-state index in [1.807, 2.05) is 0 Å². The molecule has 13 heteroatoms. The predicted octanol–water partition coefficient (Wildman–Crippen LogP) is 3.84. The third-order valence-electron chi connectivity index (χ3n) is 5.32. The molecule has 0 atom stereocenters. The fourth-order valence-corrected chi connectivity index (χ4v) is 4.32. The summed E-state index contributed by atoms with van der Waals surface area (Å²) in [5.41, 5.74) is -2.78. The van der Waals surface area contributed by atoms with E-state index in [2.05, 4.69) is 10.3 Å². The van der Waals surface area contributed by atoms with Gasteiger partial charge < -0.3 is 5.32 Å². The van der Waals surface area contributed by atoms with Gasteiger partial charge in [0.2, 0.25) is 5.91 Å². The first-order valence-corrected chi connectivity index (χ1v) is 10.8. The monoisotopic (exact) mass is 510 g/mol. The van der Waals surface area contributed by atoms with Crippen LogP contribution in [0.15, 0.2) is 45.3 Å². The zero-order valence-electron chi connectivity index (χ0n) is 18.0. The van der Waals surface area contributed by atoms with Crippen molar-refractivity contribution < 1.29 is 26.7 Å². The number of anilines is 1. The number of hydrogen-bond donors (Lipinski definition) is 1. The minimum absolute atomic E-state index is 0.00903. The average molecular weight is 510 g/mol. The van der Waals surface area contributed by atoms with Crippen molar-refractivity contribution in [2.45, 2.75) is 12.6 Å². The quantitative estimate of drug-likeness (QED) is 0.423. The highest BCUT2D eigenvalue weighted by Crippen LogP contribution is 2.35. The van der Waals surface area contributed by atoms with Crippen molar-refractivity contribution in [1.29, 1.82) is 0 Å². The summed E-state index contributed by atoms with van der Waals surface area (Å²) < 4.78 is 68.6. The summed E-state index contributed by atoms with van der Waals surface area (Å²) in [6.07, 6.45) is -5.32. The van der Waals surface area contributed by atoms with Crippen molar-refractivity contribution in [1.82, 2.24) is 14.1 Å². The molecule has 0 unspecified atom stereocenters. The van der Waals surface area contributed by atoms with E-state index < -0.39 is 46.1 Å². The Labute approximate surface area is 197 Å². The number of thiazole rings is 1. The first kappa shape index (κ1) is 24.3. The smallest absolute Gasteiger partial charge is 0.302 e. The summed E-state index contributed by atoms with van der Waals surface area (Å²) in [5.74, 6) is -3.56. The van der Waals surface area contributed by atoms with Crippen molar-refractivity contribution in [3.63, 3.8) is 0 Å². The van der Waals surface area contributed by atoms with Crippen LogP contribution in [0.25, 0.3) is 22.2 Å². The number of benzene rings is 2. The molecule has 182 valence electrons. The average Bonchev–Trinajstić information content (AvgIpc) is 3.24. The highest BCUT2D eigenvalue weighted by molar-refractivity contribution is 7.14. The number of rotatable bonds is 4. The van der Waals surface area contributed by atoms with E-state index in [9.17, 15) is 36.3 Å². The topological polar surface area (TPSA) is 86.0 Å². The van der Waals surface area contributed by atoms with E-state index in [4.69, 9.17) is 0 Å². The first-order chi connectivity index (χ1) is 16.4. The lowest BCUT2D eigenvalue weighted by Gasteiger charge is -2.11. The lowest BCUT2D eigenvalue weighted by atomic mass is 10.1. The maximum atomic E-state index is 14.2. The van der Waals surface area contributed by atoms with Gasteiger partial charge in [0.15, 0.2) is 5.13 Å². The van der Waals surface area contributed by atoms with Crippen LogP contribution >= 0.6 is 11.3 Å². The van der Waals surface area contributed by atoms with Gasteiger partial charge in [-0.1, -0.05) is 12.1 Å². The minimum Gasteiger partial charge on any atom is -0.302 e. The van der Waals surface area contributed by atoms with Crippen LogP contribution in [0.3, 0.4) is 0 Å². The normalized spacial score (nSPS) is 11.7. The summed E-state index contributed by atoms with van der Waals surface area (Å²) >= 11 is 0.856.